The summed E-state index contributed by atoms with van der Waals surface area (Å²) in [7, 11) is 5.61. The van der Waals surface area contributed by atoms with Gasteiger partial charge in [-0.2, -0.15) is 5.21 Å². The number of nitrogens with zero attached hydrogens (tertiary/aromatic N) is 3. The molecule has 0 saturated carbocycles. The Kier molecular flexibility index (Phi) is 3.10. The SMILES string of the molecule is [B]Cc1ccc(-c2ccccc2-c2nn[nH]n2)cc1. The van der Waals surface area contributed by atoms with E-state index >= 15 is 0 Å². The van der Waals surface area contributed by atoms with Gasteiger partial charge in [-0.05, 0) is 16.3 Å². The molecule has 19 heavy (non-hydrogen) atoms. The summed E-state index contributed by atoms with van der Waals surface area (Å²) in [5.74, 6) is 0.596. The van der Waals surface area contributed by atoms with Crippen LogP contribution in [-0.4, -0.2) is 28.5 Å². The Balaban J connectivity index is 2.09. The van der Waals surface area contributed by atoms with Crippen LogP contribution in [0, 0.1) is 0 Å². The molecule has 1 N–H and O–H groups in total. The monoisotopic (exact) mass is 246 g/mol. The number of aromatic nitrogens is 4. The van der Waals surface area contributed by atoms with Gasteiger partial charge >= 0.3 is 0 Å². The van der Waals surface area contributed by atoms with Crippen LogP contribution in [0.1, 0.15) is 5.56 Å². The van der Waals surface area contributed by atoms with Crippen LogP contribution in [-0.2, 0) is 6.32 Å². The molecule has 0 aliphatic heterocycles. The first-order valence-corrected chi connectivity index (χ1v) is 6.00. The minimum absolute atomic E-state index is 0.548. The summed E-state index contributed by atoms with van der Waals surface area (Å²) in [5, 5.41) is 14.2. The molecule has 0 atom stereocenters. The van der Waals surface area contributed by atoms with Crippen molar-refractivity contribution in [3.63, 3.8) is 0 Å². The molecule has 2 radical (unpaired) electrons. The van der Waals surface area contributed by atoms with Gasteiger partial charge in [0.25, 0.3) is 0 Å². The molecule has 0 bridgehead atoms. The predicted octanol–water partition coefficient (Wildman–Crippen LogP) is 2.20. The number of rotatable bonds is 3. The van der Waals surface area contributed by atoms with Crippen molar-refractivity contribution >= 4 is 7.85 Å². The van der Waals surface area contributed by atoms with E-state index in [-0.39, 0.29) is 0 Å². The highest BCUT2D eigenvalue weighted by molar-refractivity contribution is 6.08. The van der Waals surface area contributed by atoms with E-state index in [1.807, 2.05) is 36.4 Å². The van der Waals surface area contributed by atoms with Crippen molar-refractivity contribution < 1.29 is 0 Å². The Morgan fingerprint density at radius 1 is 0.947 bits per heavy atom. The molecule has 3 rings (SSSR count). The van der Waals surface area contributed by atoms with Crippen molar-refractivity contribution in [1.82, 2.24) is 20.6 Å². The van der Waals surface area contributed by atoms with E-state index in [0.717, 1.165) is 22.3 Å². The van der Waals surface area contributed by atoms with Crippen LogP contribution in [0.25, 0.3) is 22.5 Å². The maximum atomic E-state index is 5.61. The first-order valence-electron chi connectivity index (χ1n) is 6.00. The van der Waals surface area contributed by atoms with Crippen LogP contribution in [0.2, 0.25) is 0 Å². The minimum Gasteiger partial charge on any atom is -0.177 e. The van der Waals surface area contributed by atoms with Crippen LogP contribution in [0.15, 0.2) is 48.5 Å². The van der Waals surface area contributed by atoms with Crippen molar-refractivity contribution in [1.29, 1.82) is 0 Å². The van der Waals surface area contributed by atoms with E-state index in [1.165, 1.54) is 0 Å². The number of tetrazole rings is 1. The van der Waals surface area contributed by atoms with Crippen molar-refractivity contribution in [2.24, 2.45) is 0 Å². The van der Waals surface area contributed by atoms with Crippen LogP contribution in [0.5, 0.6) is 0 Å². The molecular weight excluding hydrogens is 235 g/mol. The van der Waals surface area contributed by atoms with Gasteiger partial charge in [0.1, 0.15) is 0 Å². The third-order valence-electron chi connectivity index (χ3n) is 3.01. The maximum absolute atomic E-state index is 5.61. The van der Waals surface area contributed by atoms with Gasteiger partial charge in [0.05, 0.1) is 7.85 Å². The van der Waals surface area contributed by atoms with E-state index in [1.54, 1.807) is 0 Å². The van der Waals surface area contributed by atoms with Gasteiger partial charge in [0.2, 0.25) is 5.82 Å². The number of aromatic amines is 1. The fourth-order valence-electron chi connectivity index (χ4n) is 2.03. The summed E-state index contributed by atoms with van der Waals surface area (Å²) >= 11 is 0. The smallest absolute Gasteiger partial charge is 0.177 e. The molecule has 5 heteroatoms. The fourth-order valence-corrected chi connectivity index (χ4v) is 2.03. The Morgan fingerprint density at radius 2 is 1.68 bits per heavy atom. The first kappa shape index (κ1) is 11.7. The Labute approximate surface area is 112 Å². The second kappa shape index (κ2) is 5.06. The molecular formula is C14H11BN4. The average Bonchev–Trinajstić information content (AvgIpc) is 3.01. The normalized spacial score (nSPS) is 10.5. The van der Waals surface area contributed by atoms with Crippen LogP contribution >= 0.6 is 0 Å². The highest BCUT2D eigenvalue weighted by Crippen LogP contribution is 2.29. The van der Waals surface area contributed by atoms with Gasteiger partial charge in [-0.25, -0.2) is 0 Å². The Morgan fingerprint density at radius 3 is 2.32 bits per heavy atom. The quantitative estimate of drug-likeness (QED) is 0.720. The summed E-state index contributed by atoms with van der Waals surface area (Å²) in [6, 6.07) is 16.2. The lowest BCUT2D eigenvalue weighted by atomic mass is 9.93. The summed E-state index contributed by atoms with van der Waals surface area (Å²) in [6.45, 7) is 0. The molecule has 0 aliphatic carbocycles. The molecule has 0 unspecified atom stereocenters. The average molecular weight is 246 g/mol. The van der Waals surface area contributed by atoms with Gasteiger partial charge < -0.3 is 0 Å². The van der Waals surface area contributed by atoms with Crippen molar-refractivity contribution in [3.05, 3.63) is 54.1 Å². The summed E-state index contributed by atoms with van der Waals surface area (Å²) in [6.07, 6.45) is 0.548. The maximum Gasteiger partial charge on any atom is 0.205 e. The van der Waals surface area contributed by atoms with E-state index in [4.69, 9.17) is 7.85 Å². The number of hydrogen-bond donors (Lipinski definition) is 1. The van der Waals surface area contributed by atoms with E-state index < -0.39 is 0 Å². The molecule has 3 aromatic rings. The van der Waals surface area contributed by atoms with Crippen molar-refractivity contribution in [2.75, 3.05) is 0 Å². The van der Waals surface area contributed by atoms with E-state index in [9.17, 15) is 0 Å². The van der Waals surface area contributed by atoms with Crippen LogP contribution in [0.3, 0.4) is 0 Å². The second-order valence-corrected chi connectivity index (χ2v) is 4.18. The number of hydrogen-bond acceptors (Lipinski definition) is 3. The topological polar surface area (TPSA) is 54.5 Å². The zero-order chi connectivity index (χ0) is 13.1. The molecule has 2 aromatic carbocycles. The van der Waals surface area contributed by atoms with Crippen molar-refractivity contribution in [2.45, 2.75) is 6.32 Å². The first-order chi connectivity index (χ1) is 9.38. The molecule has 0 amide bonds. The van der Waals surface area contributed by atoms with Crippen LogP contribution < -0.4 is 0 Å². The lowest BCUT2D eigenvalue weighted by molar-refractivity contribution is 0.881. The largest absolute Gasteiger partial charge is 0.205 e. The van der Waals surface area contributed by atoms with E-state index in [2.05, 4.69) is 32.8 Å². The zero-order valence-corrected chi connectivity index (χ0v) is 10.2. The summed E-state index contributed by atoms with van der Waals surface area (Å²) in [4.78, 5) is 0. The van der Waals surface area contributed by atoms with Gasteiger partial charge in [-0.15, -0.1) is 10.2 Å². The van der Waals surface area contributed by atoms with Gasteiger partial charge in [-0.1, -0.05) is 60.4 Å². The van der Waals surface area contributed by atoms with Gasteiger partial charge in [-0.3, -0.25) is 0 Å². The molecule has 90 valence electrons. The van der Waals surface area contributed by atoms with E-state index in [0.29, 0.717) is 12.1 Å². The van der Waals surface area contributed by atoms with Gasteiger partial charge in [0, 0.05) is 5.56 Å². The highest BCUT2D eigenvalue weighted by atomic mass is 15.5. The lowest BCUT2D eigenvalue weighted by Gasteiger charge is -2.07. The molecule has 0 saturated heterocycles. The molecule has 1 aromatic heterocycles. The molecule has 0 fully saturated rings. The Bertz CT molecular complexity index is 662. The predicted molar refractivity (Wildman–Crippen MR) is 74.5 cm³/mol. The summed E-state index contributed by atoms with van der Waals surface area (Å²) < 4.78 is 0. The van der Waals surface area contributed by atoms with Crippen LogP contribution in [0.4, 0.5) is 0 Å². The summed E-state index contributed by atoms with van der Waals surface area (Å²) in [5.41, 5.74) is 4.25. The molecule has 0 spiro atoms. The minimum atomic E-state index is 0.548. The molecule has 4 nitrogen and oxygen atoms in total. The number of benzene rings is 2. The highest BCUT2D eigenvalue weighted by Gasteiger charge is 2.09. The Hall–Kier alpha value is -2.43. The number of H-pyrrole nitrogens is 1. The third kappa shape index (κ3) is 2.27. The second-order valence-electron chi connectivity index (χ2n) is 4.18. The standard InChI is InChI=1S/C14H11BN4/c15-9-10-5-7-11(8-6-10)12-3-1-2-4-13(12)14-16-18-19-17-14/h1-8H,9H2,(H,16,17,18,19). The molecule has 0 aliphatic rings. The zero-order valence-electron chi connectivity index (χ0n) is 10.2. The number of nitrogens with one attached hydrogen (secondary N) is 1. The fraction of sp³-hybridized carbons (Fsp3) is 0.0714. The molecule has 1 heterocycles. The lowest BCUT2D eigenvalue weighted by Crippen LogP contribution is -1.88. The third-order valence-corrected chi connectivity index (χ3v) is 3.01. The van der Waals surface area contributed by atoms with Crippen molar-refractivity contribution in [3.8, 4) is 22.5 Å². The van der Waals surface area contributed by atoms with Gasteiger partial charge in [0.15, 0.2) is 0 Å².